The van der Waals surface area contributed by atoms with Gasteiger partial charge in [-0.1, -0.05) is 36.4 Å². The zero-order valence-corrected chi connectivity index (χ0v) is 13.7. The Bertz CT molecular complexity index is 942. The smallest absolute Gasteiger partial charge is 0.255 e. The third kappa shape index (κ3) is 2.98. The molecule has 124 valence electrons. The molecule has 4 nitrogen and oxygen atoms in total. The Kier molecular flexibility index (Phi) is 3.94. The van der Waals surface area contributed by atoms with Crippen LogP contribution in [0, 0.1) is 0 Å². The second-order valence-corrected chi connectivity index (χ2v) is 6.18. The van der Waals surface area contributed by atoms with Gasteiger partial charge in [0.15, 0.2) is 0 Å². The minimum absolute atomic E-state index is 0.146. The van der Waals surface area contributed by atoms with Gasteiger partial charge >= 0.3 is 0 Å². The van der Waals surface area contributed by atoms with E-state index in [2.05, 4.69) is 5.32 Å². The fourth-order valence-corrected chi connectivity index (χ4v) is 3.24. The lowest BCUT2D eigenvalue weighted by Crippen LogP contribution is -2.23. The van der Waals surface area contributed by atoms with Gasteiger partial charge in [0.25, 0.3) is 5.91 Å². The average molecular weight is 330 g/mol. The summed E-state index contributed by atoms with van der Waals surface area (Å²) in [6.45, 7) is 0.750. The van der Waals surface area contributed by atoms with E-state index >= 15 is 0 Å². The van der Waals surface area contributed by atoms with E-state index in [1.165, 1.54) is 0 Å². The zero-order chi connectivity index (χ0) is 17.2. The number of benzene rings is 3. The molecule has 0 atom stereocenters. The molecule has 1 heterocycles. The van der Waals surface area contributed by atoms with E-state index in [0.29, 0.717) is 12.0 Å². The number of rotatable bonds is 3. The molecule has 1 fully saturated rings. The summed E-state index contributed by atoms with van der Waals surface area (Å²) >= 11 is 0. The predicted octanol–water partition coefficient (Wildman–Crippen LogP) is 4.22. The average Bonchev–Trinajstić information content (AvgIpc) is 3.08. The molecule has 1 aliphatic rings. The minimum Gasteiger partial charge on any atom is -0.321 e. The minimum atomic E-state index is -0.157. The van der Waals surface area contributed by atoms with Crippen molar-refractivity contribution in [1.82, 2.24) is 0 Å². The molecule has 0 spiro atoms. The number of nitrogens with zero attached hydrogens (tertiary/aromatic N) is 1. The lowest BCUT2D eigenvalue weighted by atomic mass is 10.1. The van der Waals surface area contributed by atoms with E-state index in [-0.39, 0.29) is 11.8 Å². The van der Waals surface area contributed by atoms with Crippen LogP contribution in [0.2, 0.25) is 0 Å². The van der Waals surface area contributed by atoms with Crippen molar-refractivity contribution in [2.75, 3.05) is 16.8 Å². The van der Waals surface area contributed by atoms with Crippen molar-refractivity contribution in [3.63, 3.8) is 0 Å². The third-order valence-corrected chi connectivity index (χ3v) is 4.55. The molecule has 1 saturated heterocycles. The van der Waals surface area contributed by atoms with Crippen molar-refractivity contribution in [3.8, 4) is 0 Å². The summed E-state index contributed by atoms with van der Waals surface area (Å²) in [5.74, 6) is -0.0105. The normalized spacial score (nSPS) is 14.1. The highest BCUT2D eigenvalue weighted by Crippen LogP contribution is 2.25. The van der Waals surface area contributed by atoms with Crippen molar-refractivity contribution in [1.29, 1.82) is 0 Å². The molecule has 2 amide bonds. The monoisotopic (exact) mass is 330 g/mol. The molecule has 3 aromatic rings. The van der Waals surface area contributed by atoms with Gasteiger partial charge in [-0.15, -0.1) is 0 Å². The highest BCUT2D eigenvalue weighted by molar-refractivity contribution is 6.09. The molecular formula is C21H18N2O2. The molecule has 1 N–H and O–H groups in total. The Labute approximate surface area is 146 Å². The first-order valence-electron chi connectivity index (χ1n) is 8.42. The van der Waals surface area contributed by atoms with Crippen LogP contribution in [-0.4, -0.2) is 18.4 Å². The largest absolute Gasteiger partial charge is 0.321 e. The Hall–Kier alpha value is -3.14. The second-order valence-electron chi connectivity index (χ2n) is 6.18. The van der Waals surface area contributed by atoms with Crippen molar-refractivity contribution < 1.29 is 9.59 Å². The highest BCUT2D eigenvalue weighted by Gasteiger charge is 2.21. The van der Waals surface area contributed by atoms with Gasteiger partial charge < -0.3 is 10.2 Å². The number of fused-ring (bicyclic) bond motifs is 1. The van der Waals surface area contributed by atoms with E-state index in [1.807, 2.05) is 54.6 Å². The fraction of sp³-hybridized carbons (Fsp3) is 0.143. The molecule has 0 saturated carbocycles. The number of nitrogens with one attached hydrogen (secondary N) is 1. The number of amides is 2. The van der Waals surface area contributed by atoms with Gasteiger partial charge in [-0.25, -0.2) is 0 Å². The Morgan fingerprint density at radius 3 is 2.44 bits per heavy atom. The zero-order valence-electron chi connectivity index (χ0n) is 13.7. The van der Waals surface area contributed by atoms with Gasteiger partial charge in [0.2, 0.25) is 5.91 Å². The lowest BCUT2D eigenvalue weighted by molar-refractivity contribution is -0.117. The van der Waals surface area contributed by atoms with E-state index < -0.39 is 0 Å². The molecule has 3 aromatic carbocycles. The number of carbonyl (C=O) groups is 2. The van der Waals surface area contributed by atoms with Crippen LogP contribution in [0.15, 0.2) is 66.7 Å². The van der Waals surface area contributed by atoms with Gasteiger partial charge in [0.1, 0.15) is 0 Å². The van der Waals surface area contributed by atoms with Crippen molar-refractivity contribution in [3.05, 3.63) is 72.3 Å². The van der Waals surface area contributed by atoms with Gasteiger partial charge in [-0.05, 0) is 42.1 Å². The number of hydrogen-bond donors (Lipinski definition) is 1. The van der Waals surface area contributed by atoms with E-state index in [0.717, 1.165) is 35.1 Å². The maximum absolute atomic E-state index is 12.6. The maximum Gasteiger partial charge on any atom is 0.255 e. The van der Waals surface area contributed by atoms with Crippen LogP contribution in [0.25, 0.3) is 10.8 Å². The number of anilines is 2. The molecule has 4 rings (SSSR count). The molecular weight excluding hydrogens is 312 g/mol. The van der Waals surface area contributed by atoms with Gasteiger partial charge in [-0.3, -0.25) is 9.59 Å². The third-order valence-electron chi connectivity index (χ3n) is 4.55. The van der Waals surface area contributed by atoms with E-state index in [1.54, 1.807) is 17.0 Å². The van der Waals surface area contributed by atoms with E-state index in [4.69, 9.17) is 0 Å². The fourth-order valence-electron chi connectivity index (χ4n) is 3.24. The Morgan fingerprint density at radius 2 is 1.68 bits per heavy atom. The molecule has 0 unspecified atom stereocenters. The maximum atomic E-state index is 12.6. The Balaban J connectivity index is 1.55. The molecule has 0 aromatic heterocycles. The highest BCUT2D eigenvalue weighted by atomic mass is 16.2. The first-order valence-corrected chi connectivity index (χ1v) is 8.42. The summed E-state index contributed by atoms with van der Waals surface area (Å²) in [4.78, 5) is 26.1. The predicted molar refractivity (Wildman–Crippen MR) is 99.9 cm³/mol. The van der Waals surface area contributed by atoms with Gasteiger partial charge in [-0.2, -0.15) is 0 Å². The van der Waals surface area contributed by atoms with Crippen LogP contribution < -0.4 is 10.2 Å². The molecule has 0 radical (unpaired) electrons. The van der Waals surface area contributed by atoms with E-state index in [9.17, 15) is 9.59 Å². The second kappa shape index (κ2) is 6.40. The Morgan fingerprint density at radius 1 is 0.920 bits per heavy atom. The topological polar surface area (TPSA) is 49.4 Å². The first-order chi connectivity index (χ1) is 12.2. The van der Waals surface area contributed by atoms with Crippen LogP contribution in [0.3, 0.4) is 0 Å². The molecule has 1 aliphatic heterocycles. The standard InChI is InChI=1S/C21H18N2O2/c24-20-9-4-14-23(20)17-12-10-16(11-13-17)21(25)22-19-8-3-6-15-5-1-2-7-18(15)19/h1-3,5-8,10-13H,4,9,14H2,(H,22,25). The number of hydrogen-bond acceptors (Lipinski definition) is 2. The van der Waals surface area contributed by atoms with Crippen LogP contribution in [0.1, 0.15) is 23.2 Å². The summed E-state index contributed by atoms with van der Waals surface area (Å²) in [7, 11) is 0. The van der Waals surface area contributed by atoms with Crippen molar-refractivity contribution in [2.45, 2.75) is 12.8 Å². The summed E-state index contributed by atoms with van der Waals surface area (Å²) in [5.41, 5.74) is 2.22. The lowest BCUT2D eigenvalue weighted by Gasteiger charge is -2.16. The van der Waals surface area contributed by atoms with Gasteiger partial charge in [0, 0.05) is 35.3 Å². The molecule has 25 heavy (non-hydrogen) atoms. The van der Waals surface area contributed by atoms with Gasteiger partial charge in [0.05, 0.1) is 0 Å². The van der Waals surface area contributed by atoms with Crippen LogP contribution >= 0.6 is 0 Å². The summed E-state index contributed by atoms with van der Waals surface area (Å²) < 4.78 is 0. The molecule has 4 heteroatoms. The molecule has 0 aliphatic carbocycles. The van der Waals surface area contributed by atoms with Crippen LogP contribution in [0.4, 0.5) is 11.4 Å². The SMILES string of the molecule is O=C(Nc1cccc2ccccc12)c1ccc(N2CCCC2=O)cc1. The van der Waals surface area contributed by atoms with Crippen LogP contribution in [0.5, 0.6) is 0 Å². The van der Waals surface area contributed by atoms with Crippen molar-refractivity contribution >= 4 is 34.0 Å². The summed E-state index contributed by atoms with van der Waals surface area (Å²) in [5, 5.41) is 5.08. The molecule has 0 bridgehead atoms. The summed E-state index contributed by atoms with van der Waals surface area (Å²) in [6.07, 6.45) is 1.49. The van der Waals surface area contributed by atoms with Crippen LogP contribution in [-0.2, 0) is 4.79 Å². The van der Waals surface area contributed by atoms with Crippen molar-refractivity contribution in [2.24, 2.45) is 0 Å². The quantitative estimate of drug-likeness (QED) is 0.782. The first kappa shape index (κ1) is 15.4. The summed E-state index contributed by atoms with van der Waals surface area (Å²) in [6, 6.07) is 21.0. The number of carbonyl (C=O) groups excluding carboxylic acids is 2.